The van der Waals surface area contributed by atoms with E-state index in [2.05, 4.69) is 45.7 Å². The van der Waals surface area contributed by atoms with Gasteiger partial charge in [0.1, 0.15) is 0 Å². The van der Waals surface area contributed by atoms with E-state index in [1.54, 1.807) is 0 Å². The summed E-state index contributed by atoms with van der Waals surface area (Å²) in [4.78, 5) is 17.9. The minimum absolute atomic E-state index is 0.200. The molecule has 0 spiro atoms. The van der Waals surface area contributed by atoms with Crippen LogP contribution in [-0.4, -0.2) is 48.9 Å². The average molecular weight is 384 g/mol. The maximum Gasteiger partial charge on any atom is 0.233 e. The van der Waals surface area contributed by atoms with Crippen LogP contribution in [0.4, 0.5) is 0 Å². The lowest BCUT2D eigenvalue weighted by Crippen LogP contribution is -2.43. The van der Waals surface area contributed by atoms with Crippen molar-refractivity contribution in [2.45, 2.75) is 50.9 Å². The number of piperidine rings is 1. The monoisotopic (exact) mass is 383 g/mol. The van der Waals surface area contributed by atoms with Crippen LogP contribution in [0.25, 0.3) is 22.3 Å². The van der Waals surface area contributed by atoms with E-state index in [9.17, 15) is 4.79 Å². The lowest BCUT2D eigenvalue weighted by molar-refractivity contribution is -0.131. The molecule has 1 N–H and O–H groups in total. The van der Waals surface area contributed by atoms with Crippen molar-refractivity contribution in [3.8, 4) is 11.4 Å². The van der Waals surface area contributed by atoms with E-state index in [1.807, 2.05) is 23.2 Å². The van der Waals surface area contributed by atoms with Crippen LogP contribution in [0.3, 0.4) is 0 Å². The van der Waals surface area contributed by atoms with E-state index in [1.165, 1.54) is 18.2 Å². The largest absolute Gasteiger partial charge is 0.360 e. The second-order valence-electron chi connectivity index (χ2n) is 7.02. The molecule has 1 aromatic carbocycles. The number of para-hydroxylation sites is 1. The number of hydrogen-bond donors (Lipinski definition) is 1. The Hall–Kier alpha value is -2.28. The number of fused-ring (bicyclic) bond motifs is 1. The Morgan fingerprint density at radius 3 is 2.96 bits per heavy atom. The van der Waals surface area contributed by atoms with Crippen LogP contribution in [0.5, 0.6) is 0 Å². The fraction of sp³-hybridized carbons (Fsp3) is 0.450. The van der Waals surface area contributed by atoms with Gasteiger partial charge in [0.15, 0.2) is 11.0 Å². The number of hydrogen-bond acceptors (Lipinski definition) is 4. The zero-order chi connectivity index (χ0) is 18.8. The zero-order valence-electron chi connectivity index (χ0n) is 15.8. The predicted molar refractivity (Wildman–Crippen MR) is 109 cm³/mol. The van der Waals surface area contributed by atoms with Gasteiger partial charge in [0.2, 0.25) is 5.91 Å². The summed E-state index contributed by atoms with van der Waals surface area (Å²) in [6.45, 7) is 5.87. The Bertz CT molecular complexity index is 947. The molecule has 0 saturated carbocycles. The van der Waals surface area contributed by atoms with Crippen molar-refractivity contribution in [2.24, 2.45) is 0 Å². The third-order valence-corrected chi connectivity index (χ3v) is 6.26. The molecule has 3 aromatic rings. The molecule has 3 heterocycles. The molecule has 0 aliphatic carbocycles. The number of H-pyrrole nitrogens is 1. The highest BCUT2D eigenvalue weighted by Gasteiger charge is 2.24. The number of nitrogens with one attached hydrogen (secondary N) is 1. The van der Waals surface area contributed by atoms with Crippen LogP contribution in [0.1, 0.15) is 33.1 Å². The van der Waals surface area contributed by atoms with Gasteiger partial charge in [-0.15, -0.1) is 10.2 Å². The molecule has 142 valence electrons. The first kappa shape index (κ1) is 18.1. The molecule has 1 atom stereocenters. The second-order valence-corrected chi connectivity index (χ2v) is 7.96. The summed E-state index contributed by atoms with van der Waals surface area (Å²) >= 11 is 1.49. The molecule has 1 aliphatic heterocycles. The van der Waals surface area contributed by atoms with Crippen molar-refractivity contribution in [2.75, 3.05) is 12.3 Å². The number of carbonyl (C=O) groups is 1. The first-order valence-corrected chi connectivity index (χ1v) is 10.6. The Kier molecular flexibility index (Phi) is 5.20. The number of thioether (sulfide) groups is 1. The van der Waals surface area contributed by atoms with Crippen LogP contribution < -0.4 is 0 Å². The molecule has 1 amide bonds. The number of nitrogens with zero attached hydrogens (tertiary/aromatic N) is 4. The number of benzene rings is 1. The van der Waals surface area contributed by atoms with Gasteiger partial charge in [-0.25, -0.2) is 0 Å². The number of rotatable bonds is 5. The summed E-state index contributed by atoms with van der Waals surface area (Å²) in [5.74, 6) is 1.46. The molecule has 4 rings (SSSR count). The predicted octanol–water partition coefficient (Wildman–Crippen LogP) is 3.94. The number of aromatic amines is 1. The quantitative estimate of drug-likeness (QED) is 0.678. The van der Waals surface area contributed by atoms with Crippen LogP contribution in [0, 0.1) is 0 Å². The van der Waals surface area contributed by atoms with Gasteiger partial charge in [-0.05, 0) is 39.2 Å². The number of aromatic nitrogens is 4. The van der Waals surface area contributed by atoms with Crippen LogP contribution in [0.2, 0.25) is 0 Å². The highest BCUT2D eigenvalue weighted by atomic mass is 32.2. The van der Waals surface area contributed by atoms with Crippen molar-refractivity contribution in [3.63, 3.8) is 0 Å². The van der Waals surface area contributed by atoms with Gasteiger partial charge in [0.25, 0.3) is 0 Å². The Balaban J connectivity index is 1.54. The summed E-state index contributed by atoms with van der Waals surface area (Å²) in [6, 6.07) is 8.53. The molecule has 0 radical (unpaired) electrons. The van der Waals surface area contributed by atoms with Gasteiger partial charge >= 0.3 is 0 Å². The van der Waals surface area contributed by atoms with Gasteiger partial charge in [0.05, 0.1) is 5.75 Å². The van der Waals surface area contributed by atoms with E-state index >= 15 is 0 Å². The lowest BCUT2D eigenvalue weighted by atomic mass is 10.0. The third kappa shape index (κ3) is 3.48. The molecule has 1 fully saturated rings. The van der Waals surface area contributed by atoms with Gasteiger partial charge in [-0.2, -0.15) is 0 Å². The summed E-state index contributed by atoms with van der Waals surface area (Å²) in [5, 5.41) is 10.7. The summed E-state index contributed by atoms with van der Waals surface area (Å²) in [6.07, 6.45) is 5.41. The number of carbonyl (C=O) groups excluding carboxylic acids is 1. The van der Waals surface area contributed by atoms with E-state index in [0.717, 1.165) is 53.4 Å². The van der Waals surface area contributed by atoms with Crippen molar-refractivity contribution in [1.29, 1.82) is 0 Å². The van der Waals surface area contributed by atoms with E-state index in [4.69, 9.17) is 0 Å². The molecule has 6 nitrogen and oxygen atoms in total. The second kappa shape index (κ2) is 7.76. The molecule has 2 aromatic heterocycles. The molecule has 1 aliphatic rings. The maximum absolute atomic E-state index is 12.6. The highest BCUT2D eigenvalue weighted by molar-refractivity contribution is 7.99. The van der Waals surface area contributed by atoms with Crippen molar-refractivity contribution in [3.05, 3.63) is 30.5 Å². The van der Waals surface area contributed by atoms with E-state index in [-0.39, 0.29) is 5.91 Å². The summed E-state index contributed by atoms with van der Waals surface area (Å²) in [5.41, 5.74) is 2.13. The highest BCUT2D eigenvalue weighted by Crippen LogP contribution is 2.30. The summed E-state index contributed by atoms with van der Waals surface area (Å²) < 4.78 is 2.09. The first-order valence-electron chi connectivity index (χ1n) is 9.61. The average Bonchev–Trinajstić information content (AvgIpc) is 3.29. The van der Waals surface area contributed by atoms with Crippen LogP contribution in [-0.2, 0) is 11.3 Å². The van der Waals surface area contributed by atoms with E-state index < -0.39 is 0 Å². The minimum Gasteiger partial charge on any atom is -0.360 e. The molecule has 1 saturated heterocycles. The minimum atomic E-state index is 0.200. The van der Waals surface area contributed by atoms with Crippen molar-refractivity contribution < 1.29 is 4.79 Å². The lowest BCUT2D eigenvalue weighted by Gasteiger charge is -2.33. The van der Waals surface area contributed by atoms with Gasteiger partial charge < -0.3 is 14.5 Å². The maximum atomic E-state index is 12.6. The van der Waals surface area contributed by atoms with Crippen molar-refractivity contribution >= 4 is 28.6 Å². The smallest absolute Gasteiger partial charge is 0.233 e. The molecule has 1 unspecified atom stereocenters. The fourth-order valence-corrected chi connectivity index (χ4v) is 4.70. The molecular formula is C20H25N5OS. The van der Waals surface area contributed by atoms with Crippen LogP contribution >= 0.6 is 11.8 Å². The van der Waals surface area contributed by atoms with Gasteiger partial charge in [0, 0.05) is 41.8 Å². The number of amides is 1. The Morgan fingerprint density at radius 1 is 1.30 bits per heavy atom. The summed E-state index contributed by atoms with van der Waals surface area (Å²) in [7, 11) is 0. The Labute approximate surface area is 163 Å². The standard InChI is InChI=1S/C20H25N5OS/c1-3-24-19(16-12-21-17-10-5-4-9-15(16)17)22-23-20(24)27-13-18(26)25-11-7-6-8-14(25)2/h4-5,9-10,12,14,21H,3,6-8,11,13H2,1-2H3. The van der Waals surface area contributed by atoms with Gasteiger partial charge in [-0.3, -0.25) is 4.79 Å². The molecule has 0 bridgehead atoms. The van der Waals surface area contributed by atoms with Crippen LogP contribution in [0.15, 0.2) is 35.6 Å². The normalized spacial score (nSPS) is 17.6. The molecular weight excluding hydrogens is 358 g/mol. The SMILES string of the molecule is CCn1c(SCC(=O)N2CCCCC2C)nnc1-c1c[nH]c2ccccc12. The number of likely N-dealkylation sites (tertiary alicyclic amines) is 1. The van der Waals surface area contributed by atoms with Crippen molar-refractivity contribution in [1.82, 2.24) is 24.6 Å². The topological polar surface area (TPSA) is 66.8 Å². The Morgan fingerprint density at radius 2 is 2.15 bits per heavy atom. The first-order chi connectivity index (χ1) is 13.2. The zero-order valence-corrected chi connectivity index (χ0v) is 16.6. The third-order valence-electron chi connectivity index (χ3n) is 5.31. The molecule has 7 heteroatoms. The molecule has 27 heavy (non-hydrogen) atoms. The fourth-order valence-electron chi connectivity index (χ4n) is 3.81. The van der Waals surface area contributed by atoms with Gasteiger partial charge in [-0.1, -0.05) is 30.0 Å². The van der Waals surface area contributed by atoms with E-state index in [0.29, 0.717) is 11.8 Å².